The normalized spacial score (nSPS) is 11.3. The molecule has 2 N–H and O–H groups in total. The van der Waals surface area contributed by atoms with E-state index in [4.69, 9.17) is 9.47 Å². The van der Waals surface area contributed by atoms with Crippen LogP contribution in [0.3, 0.4) is 0 Å². The third-order valence-electron chi connectivity index (χ3n) is 12.5. The maximum absolute atomic E-state index is 12.8. The highest BCUT2D eigenvalue weighted by molar-refractivity contribution is 5.99. The number of nitrogens with zero attached hydrogens (tertiary/aromatic N) is 2. The van der Waals surface area contributed by atoms with Crippen LogP contribution in [0.2, 0.25) is 0 Å². The molecule has 65 heavy (non-hydrogen) atoms. The molecule has 3 aromatic carbocycles. The van der Waals surface area contributed by atoms with Gasteiger partial charge in [0.05, 0.1) is 24.6 Å². The van der Waals surface area contributed by atoms with Gasteiger partial charge in [-0.05, 0) is 92.1 Å². The third kappa shape index (κ3) is 27.8. The summed E-state index contributed by atoms with van der Waals surface area (Å²) < 4.78 is 11.9. The van der Waals surface area contributed by atoms with Gasteiger partial charge in [0.1, 0.15) is 11.5 Å². The van der Waals surface area contributed by atoms with Crippen LogP contribution in [0.25, 0.3) is 0 Å². The van der Waals surface area contributed by atoms with Gasteiger partial charge in [0.15, 0.2) is 0 Å². The number of amides is 2. The zero-order valence-corrected chi connectivity index (χ0v) is 41.4. The molecular weight excluding hydrogens is 805 g/mol. The monoisotopic (exact) mass is 895 g/mol. The topological polar surface area (TPSA) is 101 Å². The van der Waals surface area contributed by atoms with Crippen LogP contribution in [-0.4, -0.2) is 25.0 Å². The van der Waals surface area contributed by atoms with Gasteiger partial charge in [-0.2, -0.15) is 10.2 Å². The van der Waals surface area contributed by atoms with E-state index in [9.17, 15) is 9.59 Å². The molecule has 0 spiro atoms. The third-order valence-corrected chi connectivity index (χ3v) is 12.5. The number of nitrogens with one attached hydrogen (secondary N) is 2. The van der Waals surface area contributed by atoms with Gasteiger partial charge < -0.3 is 9.47 Å². The van der Waals surface area contributed by atoms with Crippen molar-refractivity contribution < 1.29 is 19.1 Å². The van der Waals surface area contributed by atoms with E-state index in [-0.39, 0.29) is 0 Å². The van der Waals surface area contributed by atoms with E-state index in [1.54, 1.807) is 48.5 Å². The Labute approximate surface area is 396 Å². The maximum atomic E-state index is 12.8. The first kappa shape index (κ1) is 55.1. The largest absolute Gasteiger partial charge is 0.494 e. The van der Waals surface area contributed by atoms with Crippen molar-refractivity contribution >= 4 is 23.2 Å². The lowest BCUT2D eigenvalue weighted by atomic mass is 10.0. The number of hydrazine groups is 1. The van der Waals surface area contributed by atoms with Gasteiger partial charge >= 0.3 is 0 Å². The molecule has 0 aromatic heterocycles. The van der Waals surface area contributed by atoms with E-state index < -0.39 is 11.8 Å². The fourth-order valence-corrected chi connectivity index (χ4v) is 8.26. The van der Waals surface area contributed by atoms with Gasteiger partial charge in [-0.3, -0.25) is 20.4 Å². The average Bonchev–Trinajstić information content (AvgIpc) is 3.32. The summed E-state index contributed by atoms with van der Waals surface area (Å²) in [6.07, 6.45) is 43.2. The van der Waals surface area contributed by atoms with E-state index in [2.05, 4.69) is 34.9 Å². The van der Waals surface area contributed by atoms with Crippen LogP contribution < -0.4 is 20.3 Å². The summed E-state index contributed by atoms with van der Waals surface area (Å²) in [5.41, 5.74) is 8.19. The van der Waals surface area contributed by atoms with Crippen molar-refractivity contribution in [2.75, 3.05) is 13.2 Å². The Kier molecular flexibility index (Phi) is 32.2. The van der Waals surface area contributed by atoms with E-state index in [0.29, 0.717) is 23.4 Å². The number of benzene rings is 3. The highest BCUT2D eigenvalue weighted by Gasteiger charge is 2.10. The summed E-state index contributed by atoms with van der Waals surface area (Å²) in [5.74, 6) is 0.763. The lowest BCUT2D eigenvalue weighted by molar-refractivity contribution is 0.0846. The molecule has 0 radical (unpaired) electrons. The van der Waals surface area contributed by atoms with Gasteiger partial charge in [0.25, 0.3) is 11.8 Å². The highest BCUT2D eigenvalue weighted by Crippen LogP contribution is 2.27. The Morgan fingerprint density at radius 2 is 0.723 bits per heavy atom. The van der Waals surface area contributed by atoms with Gasteiger partial charge in [0, 0.05) is 11.1 Å². The van der Waals surface area contributed by atoms with Crippen LogP contribution in [0, 0.1) is 6.92 Å². The summed E-state index contributed by atoms with van der Waals surface area (Å²) in [5, 5.41) is 8.80. The van der Waals surface area contributed by atoms with Crippen LogP contribution in [0.15, 0.2) is 77.0 Å². The van der Waals surface area contributed by atoms with E-state index in [1.165, 1.54) is 193 Å². The van der Waals surface area contributed by atoms with Crippen LogP contribution >= 0.6 is 0 Å². The predicted octanol–water partition coefficient (Wildman–Crippen LogP) is 17.8. The quantitative estimate of drug-likeness (QED) is 0.0337. The Morgan fingerprint density at radius 3 is 1.09 bits per heavy atom. The van der Waals surface area contributed by atoms with Gasteiger partial charge in [-0.25, -0.2) is 0 Å². The molecule has 0 aliphatic rings. The molecule has 0 aliphatic heterocycles. The zero-order chi connectivity index (χ0) is 46.3. The number of hydrogen-bond donors (Lipinski definition) is 2. The lowest BCUT2D eigenvalue weighted by Crippen LogP contribution is -2.41. The predicted molar refractivity (Wildman–Crippen MR) is 273 cm³/mol. The van der Waals surface area contributed by atoms with Gasteiger partial charge in [-0.15, -0.1) is 0 Å². The summed E-state index contributed by atoms with van der Waals surface area (Å²) >= 11 is 0. The zero-order valence-electron chi connectivity index (χ0n) is 41.4. The molecule has 0 bridgehead atoms. The van der Waals surface area contributed by atoms with Crippen LogP contribution in [0.4, 0.5) is 11.4 Å². The molecule has 8 heteroatoms. The van der Waals surface area contributed by atoms with Crippen LogP contribution in [0.5, 0.6) is 11.5 Å². The van der Waals surface area contributed by atoms with Crippen molar-refractivity contribution in [1.29, 1.82) is 0 Å². The van der Waals surface area contributed by atoms with Crippen LogP contribution in [0.1, 0.15) is 246 Å². The van der Waals surface area contributed by atoms with Crippen molar-refractivity contribution in [3.8, 4) is 11.5 Å². The Balaban J connectivity index is 1.19. The minimum Gasteiger partial charge on any atom is -0.494 e. The molecule has 0 saturated heterocycles. The van der Waals surface area contributed by atoms with Crippen molar-refractivity contribution in [2.24, 2.45) is 10.2 Å². The Hall–Kier alpha value is -4.20. The maximum Gasteiger partial charge on any atom is 0.269 e. The Bertz CT molecular complexity index is 1660. The number of rotatable bonds is 40. The number of carbonyl (C=O) groups is 2. The fraction of sp³-hybridized carbons (Fsp3) is 0.649. The van der Waals surface area contributed by atoms with Crippen molar-refractivity contribution in [3.63, 3.8) is 0 Å². The standard InChI is InChI=1S/C57H90N4O4/c1-4-6-8-10-12-14-16-18-20-22-24-26-28-30-32-34-46-64-53-42-38-51(39-43-53)57(63)61-60-56(62)50-36-40-52(41-37-50)58-59-55-45-44-54(48-49(55)3)65-47-35-33-31-29-27-25-23-21-19-17-15-13-11-9-7-5-2/h36-45,48H,4-35,46-47H2,1-3H3,(H,60,62)(H,61,63). The SMILES string of the molecule is CCCCCCCCCCCCCCCCCCOc1ccc(C(=O)NNC(=O)c2ccc(N=Nc3ccc(OCCCCCCCCCCCCCCCCCC)cc3C)cc2)cc1. The smallest absolute Gasteiger partial charge is 0.269 e. The molecule has 0 heterocycles. The van der Waals surface area contributed by atoms with Crippen molar-refractivity contribution in [3.05, 3.63) is 83.4 Å². The van der Waals surface area contributed by atoms with E-state index in [1.807, 2.05) is 25.1 Å². The van der Waals surface area contributed by atoms with E-state index >= 15 is 0 Å². The van der Waals surface area contributed by atoms with Crippen LogP contribution in [-0.2, 0) is 0 Å². The molecule has 0 saturated carbocycles. The van der Waals surface area contributed by atoms with Gasteiger partial charge in [0.2, 0.25) is 0 Å². The van der Waals surface area contributed by atoms with Gasteiger partial charge in [-0.1, -0.05) is 206 Å². The van der Waals surface area contributed by atoms with Crippen molar-refractivity contribution in [2.45, 2.75) is 226 Å². The van der Waals surface area contributed by atoms with Crippen molar-refractivity contribution in [1.82, 2.24) is 10.9 Å². The lowest BCUT2D eigenvalue weighted by Gasteiger charge is -2.09. The second kappa shape index (κ2) is 38.0. The summed E-state index contributed by atoms with van der Waals surface area (Å²) in [6.45, 7) is 7.96. The first-order valence-electron chi connectivity index (χ1n) is 26.6. The second-order valence-electron chi connectivity index (χ2n) is 18.4. The molecule has 0 atom stereocenters. The number of unbranched alkanes of at least 4 members (excludes halogenated alkanes) is 30. The van der Waals surface area contributed by atoms with E-state index in [0.717, 1.165) is 42.2 Å². The second-order valence-corrected chi connectivity index (χ2v) is 18.4. The molecule has 8 nitrogen and oxygen atoms in total. The minimum absolute atomic E-state index is 0.393. The number of azo groups is 1. The molecule has 0 unspecified atom stereocenters. The average molecular weight is 895 g/mol. The number of carbonyl (C=O) groups excluding carboxylic acids is 2. The summed E-state index contributed by atoms with van der Waals surface area (Å²) in [7, 11) is 0. The molecule has 3 rings (SSSR count). The molecule has 0 fully saturated rings. The summed E-state index contributed by atoms with van der Waals surface area (Å²) in [6, 6.07) is 19.6. The molecular formula is C57H90N4O4. The molecule has 0 aliphatic carbocycles. The number of ether oxygens (including phenoxy) is 2. The first-order valence-corrected chi connectivity index (χ1v) is 26.6. The number of aryl methyl sites for hydroxylation is 1. The minimum atomic E-state index is -0.424. The molecule has 362 valence electrons. The summed E-state index contributed by atoms with van der Waals surface area (Å²) in [4.78, 5) is 25.5. The molecule has 3 aromatic rings. The highest BCUT2D eigenvalue weighted by atomic mass is 16.5. The number of hydrogen-bond acceptors (Lipinski definition) is 6. The fourth-order valence-electron chi connectivity index (χ4n) is 8.26. The first-order chi connectivity index (χ1) is 32.0. The Morgan fingerprint density at radius 1 is 0.400 bits per heavy atom. The molecule has 2 amide bonds.